The summed E-state index contributed by atoms with van der Waals surface area (Å²) in [5.74, 6) is -1.32. The van der Waals surface area contributed by atoms with Crippen molar-refractivity contribution in [1.82, 2.24) is 9.97 Å². The summed E-state index contributed by atoms with van der Waals surface area (Å²) in [7, 11) is 0. The minimum atomic E-state index is -4.81. The van der Waals surface area contributed by atoms with Gasteiger partial charge in [0, 0.05) is 18.0 Å². The van der Waals surface area contributed by atoms with Gasteiger partial charge in [-0.05, 0) is 55.3 Å². The summed E-state index contributed by atoms with van der Waals surface area (Å²) in [5.41, 5.74) is -2.01. The second-order valence-corrected chi connectivity index (χ2v) is 7.57. The van der Waals surface area contributed by atoms with Crippen molar-refractivity contribution in [2.24, 2.45) is 0 Å². The van der Waals surface area contributed by atoms with E-state index in [-0.39, 0.29) is 11.5 Å². The smallest absolute Gasteiger partial charge is 0.417 e. The quantitative estimate of drug-likeness (QED) is 0.648. The van der Waals surface area contributed by atoms with E-state index in [1.807, 2.05) is 0 Å². The molecular weight excluding hydrogens is 411 g/mol. The molecule has 0 atom stereocenters. The second-order valence-electron chi connectivity index (χ2n) is 7.57. The monoisotopic (exact) mass is 427 g/mol. The van der Waals surface area contributed by atoms with Crippen LogP contribution in [0, 0.1) is 0 Å². The number of pyridine rings is 2. The molecule has 0 radical (unpaired) electrons. The van der Waals surface area contributed by atoms with E-state index < -0.39 is 28.7 Å². The zero-order valence-corrected chi connectivity index (χ0v) is 16.4. The summed E-state index contributed by atoms with van der Waals surface area (Å²) in [4.78, 5) is 34.7. The molecule has 1 aromatic carbocycles. The zero-order valence-electron chi connectivity index (χ0n) is 16.4. The number of halogens is 3. The van der Waals surface area contributed by atoms with Gasteiger partial charge in [-0.3, -0.25) is 4.79 Å². The van der Waals surface area contributed by atoms with Crippen LogP contribution in [0.3, 0.4) is 0 Å². The number of alkyl halides is 3. The number of rotatable bonds is 3. The Morgan fingerprint density at radius 2 is 1.81 bits per heavy atom. The average Bonchev–Trinajstić information content (AvgIpc) is 2.93. The summed E-state index contributed by atoms with van der Waals surface area (Å²) in [5, 5.41) is 9.35. The lowest BCUT2D eigenvalue weighted by Gasteiger charge is -2.20. The molecular formula is C22H16F3N3O3. The number of anilines is 2. The Bertz CT molecular complexity index is 1210. The molecule has 1 N–H and O–H groups in total. The van der Waals surface area contributed by atoms with Crippen molar-refractivity contribution >= 4 is 23.5 Å². The number of fused-ring (bicyclic) bond motifs is 1. The van der Waals surface area contributed by atoms with Gasteiger partial charge in [-0.25, -0.2) is 19.7 Å². The molecule has 0 aliphatic carbocycles. The molecule has 0 saturated heterocycles. The maximum Gasteiger partial charge on any atom is 0.417 e. The lowest BCUT2D eigenvalue weighted by atomic mass is 9.82. The Labute approximate surface area is 175 Å². The van der Waals surface area contributed by atoms with E-state index in [0.717, 1.165) is 12.1 Å². The molecule has 0 unspecified atom stereocenters. The molecule has 3 aromatic rings. The van der Waals surface area contributed by atoms with Crippen molar-refractivity contribution in [1.29, 1.82) is 0 Å². The number of carboxylic acid groups (broad SMARTS) is 1. The second kappa shape index (κ2) is 6.90. The van der Waals surface area contributed by atoms with E-state index in [1.165, 1.54) is 23.4 Å². The van der Waals surface area contributed by atoms with Gasteiger partial charge in [-0.15, -0.1) is 0 Å². The van der Waals surface area contributed by atoms with Crippen molar-refractivity contribution in [3.63, 3.8) is 0 Å². The fourth-order valence-electron chi connectivity index (χ4n) is 3.79. The van der Waals surface area contributed by atoms with Crippen molar-refractivity contribution in [3.05, 3.63) is 71.5 Å². The number of carboxylic acids is 1. The molecule has 158 valence electrons. The molecule has 6 nitrogen and oxygen atoms in total. The van der Waals surface area contributed by atoms with Gasteiger partial charge in [0.15, 0.2) is 0 Å². The molecule has 1 aliphatic heterocycles. The maximum atomic E-state index is 13.2. The van der Waals surface area contributed by atoms with Crippen LogP contribution in [0.1, 0.15) is 35.3 Å². The number of aromatic nitrogens is 2. The SMILES string of the molecule is CC1(C)C(=O)N(c2ccccn2)c2nccc(-c3ccc(C(F)(F)F)c(C(=O)O)c3)c21. The molecule has 31 heavy (non-hydrogen) atoms. The van der Waals surface area contributed by atoms with Crippen LogP contribution in [-0.4, -0.2) is 27.0 Å². The predicted molar refractivity (Wildman–Crippen MR) is 106 cm³/mol. The van der Waals surface area contributed by atoms with E-state index in [1.54, 1.807) is 38.1 Å². The minimum Gasteiger partial charge on any atom is -0.478 e. The highest BCUT2D eigenvalue weighted by atomic mass is 19.4. The summed E-state index contributed by atoms with van der Waals surface area (Å²) in [6.45, 7) is 3.37. The Hall–Kier alpha value is -3.75. The van der Waals surface area contributed by atoms with Crippen LogP contribution in [0.4, 0.5) is 24.8 Å². The number of hydrogen-bond donors (Lipinski definition) is 1. The Morgan fingerprint density at radius 1 is 1.06 bits per heavy atom. The van der Waals surface area contributed by atoms with Crippen LogP contribution in [0.15, 0.2) is 54.9 Å². The van der Waals surface area contributed by atoms with E-state index in [4.69, 9.17) is 0 Å². The highest BCUT2D eigenvalue weighted by Gasteiger charge is 2.48. The van der Waals surface area contributed by atoms with Crippen molar-refractivity contribution in [3.8, 4) is 11.1 Å². The van der Waals surface area contributed by atoms with E-state index >= 15 is 0 Å². The van der Waals surface area contributed by atoms with E-state index in [0.29, 0.717) is 22.8 Å². The van der Waals surface area contributed by atoms with Gasteiger partial charge in [0.2, 0.25) is 5.91 Å². The topological polar surface area (TPSA) is 83.4 Å². The zero-order chi connectivity index (χ0) is 22.6. The fourth-order valence-corrected chi connectivity index (χ4v) is 3.79. The Morgan fingerprint density at radius 3 is 2.42 bits per heavy atom. The van der Waals surface area contributed by atoms with Crippen LogP contribution in [-0.2, 0) is 16.4 Å². The number of carbonyl (C=O) groups excluding carboxylic acids is 1. The van der Waals surface area contributed by atoms with Crippen LogP contribution < -0.4 is 4.90 Å². The average molecular weight is 427 g/mol. The number of carbonyl (C=O) groups is 2. The molecule has 3 heterocycles. The predicted octanol–water partition coefficient (Wildman–Crippen LogP) is 4.82. The normalized spacial score (nSPS) is 15.1. The molecule has 1 aliphatic rings. The molecule has 0 bridgehead atoms. The van der Waals surface area contributed by atoms with Crippen molar-refractivity contribution in [2.45, 2.75) is 25.4 Å². The van der Waals surface area contributed by atoms with Crippen LogP contribution in [0.25, 0.3) is 11.1 Å². The van der Waals surface area contributed by atoms with Gasteiger partial charge in [0.25, 0.3) is 0 Å². The van der Waals surface area contributed by atoms with Crippen LogP contribution in [0.2, 0.25) is 0 Å². The summed E-state index contributed by atoms with van der Waals surface area (Å²) >= 11 is 0. The first-order valence-corrected chi connectivity index (χ1v) is 9.23. The number of benzene rings is 1. The summed E-state index contributed by atoms with van der Waals surface area (Å²) in [6.07, 6.45) is -1.85. The van der Waals surface area contributed by atoms with Crippen molar-refractivity contribution in [2.75, 3.05) is 4.90 Å². The Kier molecular flexibility index (Phi) is 4.57. The number of hydrogen-bond acceptors (Lipinski definition) is 4. The van der Waals surface area contributed by atoms with Gasteiger partial charge >= 0.3 is 12.1 Å². The number of aromatic carboxylic acids is 1. The van der Waals surface area contributed by atoms with Crippen LogP contribution in [0.5, 0.6) is 0 Å². The third-order valence-electron chi connectivity index (χ3n) is 5.25. The largest absolute Gasteiger partial charge is 0.478 e. The van der Waals surface area contributed by atoms with Crippen LogP contribution >= 0.6 is 0 Å². The van der Waals surface area contributed by atoms with Gasteiger partial charge in [-0.2, -0.15) is 13.2 Å². The van der Waals surface area contributed by atoms with Crippen molar-refractivity contribution < 1.29 is 27.9 Å². The Balaban J connectivity index is 1.95. The summed E-state index contributed by atoms with van der Waals surface area (Å²) < 4.78 is 39.7. The summed E-state index contributed by atoms with van der Waals surface area (Å²) in [6, 6.07) is 9.56. The molecule has 0 fully saturated rings. The van der Waals surface area contributed by atoms with Gasteiger partial charge in [-0.1, -0.05) is 12.1 Å². The standard InChI is InChI=1S/C22H16F3N3O3/c1-21(2)17-13(12-6-7-15(22(23,24)25)14(11-12)19(29)30)8-10-27-18(17)28(20(21)31)16-5-3-4-9-26-16/h3-11H,1-2H3,(H,29,30). The fraction of sp³-hybridized carbons (Fsp3) is 0.182. The van der Waals surface area contributed by atoms with E-state index in [2.05, 4.69) is 9.97 Å². The van der Waals surface area contributed by atoms with E-state index in [9.17, 15) is 27.9 Å². The molecule has 0 saturated carbocycles. The first-order chi connectivity index (χ1) is 14.5. The number of amides is 1. The third-order valence-corrected chi connectivity index (χ3v) is 5.25. The lowest BCUT2D eigenvalue weighted by molar-refractivity contribution is -0.138. The van der Waals surface area contributed by atoms with Gasteiger partial charge in [0.1, 0.15) is 11.6 Å². The lowest BCUT2D eigenvalue weighted by Crippen LogP contribution is -2.33. The number of nitrogens with zero attached hydrogens (tertiary/aromatic N) is 3. The minimum absolute atomic E-state index is 0.243. The molecule has 0 spiro atoms. The first kappa shape index (κ1) is 20.5. The maximum absolute atomic E-state index is 13.2. The third kappa shape index (κ3) is 3.22. The highest BCUT2D eigenvalue weighted by molar-refractivity contribution is 6.12. The molecule has 2 aromatic heterocycles. The van der Waals surface area contributed by atoms with Gasteiger partial charge < -0.3 is 5.11 Å². The molecule has 1 amide bonds. The van der Waals surface area contributed by atoms with Gasteiger partial charge in [0.05, 0.1) is 16.5 Å². The molecule has 9 heteroatoms. The molecule has 4 rings (SSSR count). The first-order valence-electron chi connectivity index (χ1n) is 9.23. The highest BCUT2D eigenvalue weighted by Crippen LogP contribution is 2.48.